The minimum atomic E-state index is -2.50. The molecule has 1 aromatic carbocycles. The smallest absolute Gasteiger partial charge is 0.258 e. The molecule has 1 aromatic rings. The maximum atomic E-state index is 13.4. The molecule has 8 heteroatoms. The van der Waals surface area contributed by atoms with E-state index in [1.165, 1.54) is 25.3 Å². The number of aromatic hydroxyl groups is 1. The summed E-state index contributed by atoms with van der Waals surface area (Å²) in [4.78, 5) is 1.75. The van der Waals surface area contributed by atoms with Crippen molar-refractivity contribution in [3.05, 3.63) is 23.8 Å². The molecule has 0 amide bonds. The molecule has 0 spiro atoms. The molecular weight excluding hydrogens is 325 g/mol. The van der Waals surface area contributed by atoms with Crippen LogP contribution in [0.3, 0.4) is 0 Å². The van der Waals surface area contributed by atoms with Gasteiger partial charge < -0.3 is 15.2 Å². The van der Waals surface area contributed by atoms with Gasteiger partial charge in [0.1, 0.15) is 11.5 Å². The number of benzene rings is 1. The molecule has 0 aromatic heterocycles. The third kappa shape index (κ3) is 4.85. The number of alkyl halides is 2. The Hall–Kier alpha value is -0.820. The number of piperazine rings is 1. The first-order valence-electron chi connectivity index (χ1n) is 6.23. The summed E-state index contributed by atoms with van der Waals surface area (Å²) in [6, 6.07) is 3.28. The summed E-state index contributed by atoms with van der Waals surface area (Å²) >= 11 is 0. The van der Waals surface area contributed by atoms with E-state index in [0.717, 1.165) is 0 Å². The zero-order valence-electron chi connectivity index (χ0n) is 11.6. The number of ether oxygens (including phenoxy) is 1. The molecule has 1 fully saturated rings. The molecule has 0 saturated carbocycles. The lowest BCUT2D eigenvalue weighted by molar-refractivity contribution is 0.0170. The average Bonchev–Trinajstić information content (AvgIpc) is 2.41. The summed E-state index contributed by atoms with van der Waals surface area (Å²) in [6.45, 7) is 2.53. The summed E-state index contributed by atoms with van der Waals surface area (Å²) < 4.78 is 31.9. The van der Waals surface area contributed by atoms with Crippen molar-refractivity contribution in [2.45, 2.75) is 12.5 Å². The number of hydrogen-bond acceptors (Lipinski definition) is 4. The SMILES string of the molecule is COc1cc(O)ccc1[C@H](C(F)F)N1CCNCC1.Cl.Cl. The maximum Gasteiger partial charge on any atom is 0.258 e. The Kier molecular flexibility index (Phi) is 8.89. The second-order valence-corrected chi connectivity index (χ2v) is 4.49. The largest absolute Gasteiger partial charge is 0.508 e. The summed E-state index contributed by atoms with van der Waals surface area (Å²) in [5.74, 6) is 0.303. The Bertz CT molecular complexity index is 433. The number of rotatable bonds is 4. The van der Waals surface area contributed by atoms with Crippen LogP contribution in [0.1, 0.15) is 11.6 Å². The fraction of sp³-hybridized carbons (Fsp3) is 0.538. The van der Waals surface area contributed by atoms with Gasteiger partial charge in [0.05, 0.1) is 13.2 Å². The average molecular weight is 345 g/mol. The maximum absolute atomic E-state index is 13.4. The van der Waals surface area contributed by atoms with Crippen LogP contribution in [0.5, 0.6) is 11.5 Å². The Morgan fingerprint density at radius 3 is 2.38 bits per heavy atom. The normalized spacial score (nSPS) is 16.8. The number of nitrogens with one attached hydrogen (secondary N) is 1. The van der Waals surface area contributed by atoms with Crippen LogP contribution >= 0.6 is 24.8 Å². The minimum absolute atomic E-state index is 0. The van der Waals surface area contributed by atoms with Crippen LogP contribution in [0.15, 0.2) is 18.2 Å². The van der Waals surface area contributed by atoms with Gasteiger partial charge in [-0.3, -0.25) is 4.90 Å². The van der Waals surface area contributed by atoms with Crippen molar-refractivity contribution in [3.8, 4) is 11.5 Å². The van der Waals surface area contributed by atoms with Crippen LogP contribution < -0.4 is 10.1 Å². The van der Waals surface area contributed by atoms with Crippen molar-refractivity contribution in [2.75, 3.05) is 33.3 Å². The van der Waals surface area contributed by atoms with Gasteiger partial charge in [-0.25, -0.2) is 8.78 Å². The van der Waals surface area contributed by atoms with Gasteiger partial charge in [-0.1, -0.05) is 0 Å². The molecule has 2 rings (SSSR count). The molecule has 0 unspecified atom stereocenters. The molecule has 1 heterocycles. The molecule has 1 aliphatic rings. The highest BCUT2D eigenvalue weighted by atomic mass is 35.5. The van der Waals surface area contributed by atoms with Gasteiger partial charge >= 0.3 is 0 Å². The topological polar surface area (TPSA) is 44.7 Å². The van der Waals surface area contributed by atoms with E-state index in [1.54, 1.807) is 4.90 Å². The highest BCUT2D eigenvalue weighted by Crippen LogP contribution is 2.35. The van der Waals surface area contributed by atoms with E-state index in [0.29, 0.717) is 37.5 Å². The van der Waals surface area contributed by atoms with Crippen molar-refractivity contribution in [3.63, 3.8) is 0 Å². The molecule has 122 valence electrons. The zero-order chi connectivity index (χ0) is 13.8. The Balaban J connectivity index is 0.00000200. The summed E-state index contributed by atoms with van der Waals surface area (Å²) in [5.41, 5.74) is 0.414. The van der Waals surface area contributed by atoms with E-state index in [-0.39, 0.29) is 30.6 Å². The summed E-state index contributed by atoms with van der Waals surface area (Å²) in [7, 11) is 1.42. The van der Waals surface area contributed by atoms with Gasteiger partial charge in [0.15, 0.2) is 0 Å². The van der Waals surface area contributed by atoms with E-state index in [2.05, 4.69) is 5.32 Å². The molecular formula is C13H20Cl2F2N2O2. The number of hydrogen-bond donors (Lipinski definition) is 2. The molecule has 1 atom stereocenters. The number of phenolic OH excluding ortho intramolecular Hbond substituents is 1. The van der Waals surface area contributed by atoms with Crippen LogP contribution in [-0.2, 0) is 0 Å². The predicted octanol–water partition coefficient (Wildman–Crippen LogP) is 2.46. The number of methoxy groups -OCH3 is 1. The van der Waals surface area contributed by atoms with Crippen molar-refractivity contribution in [2.24, 2.45) is 0 Å². The van der Waals surface area contributed by atoms with Gasteiger partial charge in [-0.05, 0) is 12.1 Å². The van der Waals surface area contributed by atoms with Crippen LogP contribution in [0.4, 0.5) is 8.78 Å². The van der Waals surface area contributed by atoms with Crippen LogP contribution in [0, 0.1) is 0 Å². The quantitative estimate of drug-likeness (QED) is 0.880. The second-order valence-electron chi connectivity index (χ2n) is 4.49. The predicted molar refractivity (Wildman–Crippen MR) is 82.3 cm³/mol. The van der Waals surface area contributed by atoms with Crippen LogP contribution in [0.25, 0.3) is 0 Å². The fourth-order valence-electron chi connectivity index (χ4n) is 2.40. The van der Waals surface area contributed by atoms with Gasteiger partial charge in [0.25, 0.3) is 6.43 Å². The molecule has 0 bridgehead atoms. The van der Waals surface area contributed by atoms with E-state index in [9.17, 15) is 13.9 Å². The van der Waals surface area contributed by atoms with Crippen LogP contribution in [-0.4, -0.2) is 49.7 Å². The monoisotopic (exact) mass is 344 g/mol. The first kappa shape index (κ1) is 20.2. The minimum Gasteiger partial charge on any atom is -0.508 e. The van der Waals surface area contributed by atoms with Gasteiger partial charge in [-0.2, -0.15) is 0 Å². The Morgan fingerprint density at radius 2 is 1.86 bits per heavy atom. The molecule has 4 nitrogen and oxygen atoms in total. The first-order chi connectivity index (χ1) is 9.13. The van der Waals surface area contributed by atoms with Crippen LogP contribution in [0.2, 0.25) is 0 Å². The van der Waals surface area contributed by atoms with Gasteiger partial charge in [0, 0.05) is 37.8 Å². The molecule has 1 aliphatic heterocycles. The fourth-order valence-corrected chi connectivity index (χ4v) is 2.40. The highest BCUT2D eigenvalue weighted by molar-refractivity contribution is 5.85. The van der Waals surface area contributed by atoms with Gasteiger partial charge in [-0.15, -0.1) is 24.8 Å². The standard InChI is InChI=1S/C13H18F2N2O2.2ClH/c1-19-11-8-9(18)2-3-10(11)12(13(14)15)17-6-4-16-5-7-17;;/h2-3,8,12-13,16,18H,4-7H2,1H3;2*1H/t12-;;/m1../s1. The number of nitrogens with zero attached hydrogens (tertiary/aromatic N) is 1. The lowest BCUT2D eigenvalue weighted by Crippen LogP contribution is -2.47. The number of halogens is 4. The Labute approximate surface area is 135 Å². The lowest BCUT2D eigenvalue weighted by atomic mass is 10.0. The molecule has 21 heavy (non-hydrogen) atoms. The van der Waals surface area contributed by atoms with E-state index >= 15 is 0 Å². The third-order valence-corrected chi connectivity index (χ3v) is 3.32. The van der Waals surface area contributed by atoms with Crippen molar-refractivity contribution in [1.82, 2.24) is 10.2 Å². The summed E-state index contributed by atoms with van der Waals surface area (Å²) in [5, 5.41) is 12.5. The molecule has 1 saturated heterocycles. The lowest BCUT2D eigenvalue weighted by Gasteiger charge is -2.35. The van der Waals surface area contributed by atoms with Crippen molar-refractivity contribution in [1.29, 1.82) is 0 Å². The van der Waals surface area contributed by atoms with Crippen molar-refractivity contribution >= 4 is 24.8 Å². The molecule has 0 radical (unpaired) electrons. The van der Waals surface area contributed by atoms with E-state index < -0.39 is 12.5 Å². The highest BCUT2D eigenvalue weighted by Gasteiger charge is 2.32. The van der Waals surface area contributed by atoms with E-state index in [1.807, 2.05) is 0 Å². The Morgan fingerprint density at radius 1 is 1.24 bits per heavy atom. The van der Waals surface area contributed by atoms with Gasteiger partial charge in [0.2, 0.25) is 0 Å². The zero-order valence-corrected chi connectivity index (χ0v) is 13.2. The second kappa shape index (κ2) is 9.25. The van der Waals surface area contributed by atoms with Crippen molar-refractivity contribution < 1.29 is 18.6 Å². The van der Waals surface area contributed by atoms with E-state index in [4.69, 9.17) is 4.74 Å². The first-order valence-corrected chi connectivity index (χ1v) is 6.23. The molecule has 0 aliphatic carbocycles. The number of phenols is 1. The molecule has 2 N–H and O–H groups in total. The third-order valence-electron chi connectivity index (χ3n) is 3.32. The summed E-state index contributed by atoms with van der Waals surface area (Å²) in [6.07, 6.45) is -2.50.